The number of nitrogens with zero attached hydrogens (tertiary/aromatic N) is 1. The molecular weight excluding hydrogens is 176 g/mol. The van der Waals surface area contributed by atoms with Gasteiger partial charge in [-0.3, -0.25) is 4.79 Å². The van der Waals surface area contributed by atoms with Crippen LogP contribution in [0.25, 0.3) is 0 Å². The molecule has 1 unspecified atom stereocenters. The number of piperidine rings is 1. The molecule has 1 amide bonds. The second-order valence-electron chi connectivity index (χ2n) is 3.98. The summed E-state index contributed by atoms with van der Waals surface area (Å²) in [6, 6.07) is 0.312. The van der Waals surface area contributed by atoms with E-state index in [0.29, 0.717) is 12.6 Å². The summed E-state index contributed by atoms with van der Waals surface area (Å²) in [7, 11) is 0. The number of amides is 1. The maximum absolute atomic E-state index is 11.8. The van der Waals surface area contributed by atoms with Crippen LogP contribution in [0.2, 0.25) is 0 Å². The van der Waals surface area contributed by atoms with Crippen molar-refractivity contribution in [2.45, 2.75) is 38.8 Å². The second-order valence-corrected chi connectivity index (χ2v) is 3.98. The number of carbonyl (C=O) groups is 1. The van der Waals surface area contributed by atoms with E-state index < -0.39 is 0 Å². The van der Waals surface area contributed by atoms with E-state index in [2.05, 4.69) is 11.2 Å². The standard InChI is InChI=1S/C11H18N2O/c1-4-7-13-8-5-6-10(11(13)14)12-9(2)3/h1,9-10,12H,5-8H2,2-3H3. The number of hydrogen-bond donors (Lipinski definition) is 1. The SMILES string of the molecule is C#CCN1CCCC(NC(C)C)C1=O. The normalized spacial score (nSPS) is 22.6. The minimum atomic E-state index is -0.0305. The first-order chi connectivity index (χ1) is 6.65. The molecule has 0 aromatic rings. The van der Waals surface area contributed by atoms with Crippen LogP contribution >= 0.6 is 0 Å². The topological polar surface area (TPSA) is 32.3 Å². The molecule has 78 valence electrons. The second kappa shape index (κ2) is 5.02. The van der Waals surface area contributed by atoms with Gasteiger partial charge in [0.05, 0.1) is 12.6 Å². The highest BCUT2D eigenvalue weighted by molar-refractivity contribution is 5.82. The van der Waals surface area contributed by atoms with Gasteiger partial charge in [-0.25, -0.2) is 0 Å². The minimum absolute atomic E-state index is 0.0305. The van der Waals surface area contributed by atoms with Crippen molar-refractivity contribution in [3.05, 3.63) is 0 Å². The third kappa shape index (κ3) is 2.74. The Morgan fingerprint density at radius 2 is 2.43 bits per heavy atom. The molecular formula is C11H18N2O. The van der Waals surface area contributed by atoms with Gasteiger partial charge in [-0.15, -0.1) is 6.42 Å². The first kappa shape index (κ1) is 11.1. The molecule has 0 aromatic carbocycles. The molecule has 0 spiro atoms. The number of hydrogen-bond acceptors (Lipinski definition) is 2. The van der Waals surface area contributed by atoms with Gasteiger partial charge in [0.15, 0.2) is 0 Å². The van der Waals surface area contributed by atoms with Gasteiger partial charge in [0, 0.05) is 12.6 Å². The molecule has 1 rings (SSSR count). The average molecular weight is 194 g/mol. The predicted molar refractivity (Wildman–Crippen MR) is 56.7 cm³/mol. The molecule has 0 aliphatic carbocycles. The third-order valence-corrected chi connectivity index (χ3v) is 2.35. The van der Waals surface area contributed by atoms with Crippen molar-refractivity contribution in [3.8, 4) is 12.3 Å². The smallest absolute Gasteiger partial charge is 0.240 e. The van der Waals surface area contributed by atoms with Gasteiger partial charge in [-0.05, 0) is 12.8 Å². The molecule has 1 atom stereocenters. The molecule has 3 nitrogen and oxygen atoms in total. The summed E-state index contributed by atoms with van der Waals surface area (Å²) < 4.78 is 0. The third-order valence-electron chi connectivity index (χ3n) is 2.35. The summed E-state index contributed by atoms with van der Waals surface area (Å²) in [5.74, 6) is 2.67. The Bertz CT molecular complexity index is 242. The molecule has 0 radical (unpaired) electrons. The molecule has 0 saturated carbocycles. The van der Waals surface area contributed by atoms with E-state index in [1.165, 1.54) is 0 Å². The Morgan fingerprint density at radius 3 is 3.00 bits per heavy atom. The van der Waals surface area contributed by atoms with Gasteiger partial charge in [-0.2, -0.15) is 0 Å². The van der Waals surface area contributed by atoms with Gasteiger partial charge < -0.3 is 10.2 Å². The van der Waals surface area contributed by atoms with E-state index in [1.54, 1.807) is 4.90 Å². The van der Waals surface area contributed by atoms with E-state index in [0.717, 1.165) is 19.4 Å². The van der Waals surface area contributed by atoms with Crippen LogP contribution in [0.5, 0.6) is 0 Å². The fourth-order valence-corrected chi connectivity index (χ4v) is 1.76. The Morgan fingerprint density at radius 1 is 1.71 bits per heavy atom. The summed E-state index contributed by atoms with van der Waals surface area (Å²) >= 11 is 0. The molecule has 0 bridgehead atoms. The fraction of sp³-hybridized carbons (Fsp3) is 0.727. The molecule has 1 aliphatic rings. The van der Waals surface area contributed by atoms with Crippen LogP contribution in [0.1, 0.15) is 26.7 Å². The zero-order valence-corrected chi connectivity index (χ0v) is 8.92. The summed E-state index contributed by atoms with van der Waals surface area (Å²) in [6.45, 7) is 5.34. The van der Waals surface area contributed by atoms with Gasteiger partial charge >= 0.3 is 0 Å². The van der Waals surface area contributed by atoms with Crippen molar-refractivity contribution in [2.24, 2.45) is 0 Å². The molecule has 1 N–H and O–H groups in total. The maximum atomic E-state index is 11.8. The van der Waals surface area contributed by atoms with Crippen molar-refractivity contribution in [1.29, 1.82) is 0 Å². The highest BCUT2D eigenvalue weighted by Crippen LogP contribution is 2.11. The zero-order valence-electron chi connectivity index (χ0n) is 8.92. The summed E-state index contributed by atoms with van der Waals surface area (Å²) in [5, 5.41) is 3.26. The van der Waals surface area contributed by atoms with Crippen LogP contribution in [0.4, 0.5) is 0 Å². The van der Waals surface area contributed by atoms with E-state index in [-0.39, 0.29) is 11.9 Å². The first-order valence-corrected chi connectivity index (χ1v) is 5.13. The van der Waals surface area contributed by atoms with Crippen LogP contribution < -0.4 is 5.32 Å². The van der Waals surface area contributed by atoms with Crippen molar-refractivity contribution < 1.29 is 4.79 Å². The quantitative estimate of drug-likeness (QED) is 0.668. The number of rotatable bonds is 3. The number of nitrogens with one attached hydrogen (secondary N) is 1. The van der Waals surface area contributed by atoms with Gasteiger partial charge in [0.1, 0.15) is 0 Å². The summed E-state index contributed by atoms with van der Waals surface area (Å²) in [6.07, 6.45) is 7.17. The average Bonchev–Trinajstić information content (AvgIpc) is 2.11. The molecule has 3 heteroatoms. The van der Waals surface area contributed by atoms with Crippen molar-refractivity contribution >= 4 is 5.91 Å². The number of terminal acetylenes is 1. The van der Waals surface area contributed by atoms with E-state index in [4.69, 9.17) is 6.42 Å². The Labute approximate surface area is 85.9 Å². The van der Waals surface area contributed by atoms with E-state index >= 15 is 0 Å². The monoisotopic (exact) mass is 194 g/mol. The Hall–Kier alpha value is -1.01. The number of likely N-dealkylation sites (tertiary alicyclic amines) is 1. The highest BCUT2D eigenvalue weighted by atomic mass is 16.2. The molecule has 14 heavy (non-hydrogen) atoms. The molecule has 1 aliphatic heterocycles. The van der Waals surface area contributed by atoms with E-state index in [9.17, 15) is 4.79 Å². The van der Waals surface area contributed by atoms with E-state index in [1.807, 2.05) is 13.8 Å². The highest BCUT2D eigenvalue weighted by Gasteiger charge is 2.27. The number of carbonyl (C=O) groups excluding carboxylic acids is 1. The largest absolute Gasteiger partial charge is 0.330 e. The molecule has 1 fully saturated rings. The lowest BCUT2D eigenvalue weighted by Crippen LogP contribution is -2.52. The van der Waals surface area contributed by atoms with Crippen LogP contribution in [0.15, 0.2) is 0 Å². The Kier molecular flexibility index (Phi) is 3.97. The van der Waals surface area contributed by atoms with Crippen LogP contribution in [-0.4, -0.2) is 36.0 Å². The lowest BCUT2D eigenvalue weighted by Gasteiger charge is -2.32. The van der Waals surface area contributed by atoms with Gasteiger partial charge in [0.2, 0.25) is 5.91 Å². The minimum Gasteiger partial charge on any atom is -0.330 e. The maximum Gasteiger partial charge on any atom is 0.240 e. The Balaban J connectivity index is 2.53. The van der Waals surface area contributed by atoms with Crippen LogP contribution in [0.3, 0.4) is 0 Å². The lowest BCUT2D eigenvalue weighted by molar-refractivity contribution is -0.135. The van der Waals surface area contributed by atoms with Crippen molar-refractivity contribution in [1.82, 2.24) is 10.2 Å². The summed E-state index contributed by atoms with van der Waals surface area (Å²) in [4.78, 5) is 13.6. The van der Waals surface area contributed by atoms with Crippen LogP contribution in [-0.2, 0) is 4.79 Å². The zero-order chi connectivity index (χ0) is 10.6. The fourth-order valence-electron chi connectivity index (χ4n) is 1.76. The molecule has 1 heterocycles. The van der Waals surface area contributed by atoms with Crippen molar-refractivity contribution in [2.75, 3.05) is 13.1 Å². The summed E-state index contributed by atoms with van der Waals surface area (Å²) in [5.41, 5.74) is 0. The van der Waals surface area contributed by atoms with Gasteiger partial charge in [0.25, 0.3) is 0 Å². The predicted octanol–water partition coefficient (Wildman–Crippen LogP) is 0.609. The first-order valence-electron chi connectivity index (χ1n) is 5.13. The van der Waals surface area contributed by atoms with Crippen LogP contribution in [0, 0.1) is 12.3 Å². The lowest BCUT2D eigenvalue weighted by atomic mass is 10.0. The molecule has 0 aromatic heterocycles. The van der Waals surface area contributed by atoms with Gasteiger partial charge in [-0.1, -0.05) is 19.8 Å². The van der Waals surface area contributed by atoms with Crippen molar-refractivity contribution in [3.63, 3.8) is 0 Å². The molecule has 1 saturated heterocycles.